The third-order valence-corrected chi connectivity index (χ3v) is 4.59. The summed E-state index contributed by atoms with van der Waals surface area (Å²) in [5, 5.41) is 0.395. The number of hydrogen-bond donors (Lipinski definition) is 0. The number of anilines is 1. The van der Waals surface area contributed by atoms with E-state index in [2.05, 4.69) is 4.98 Å². The van der Waals surface area contributed by atoms with Gasteiger partial charge in [0.2, 0.25) is 5.91 Å². The Balaban J connectivity index is 2.11. The Morgan fingerprint density at radius 3 is 2.33 bits per heavy atom. The van der Waals surface area contributed by atoms with Gasteiger partial charge in [-0.3, -0.25) is 4.79 Å². The average Bonchev–Trinajstić information content (AvgIpc) is 2.58. The molecule has 24 heavy (non-hydrogen) atoms. The maximum Gasteiger partial charge on any atom is 0.237 e. The molecule has 1 amide bonds. The third kappa shape index (κ3) is 2.69. The number of ether oxygens (including phenoxy) is 2. The first-order chi connectivity index (χ1) is 11.4. The van der Waals surface area contributed by atoms with Gasteiger partial charge in [-0.15, -0.1) is 0 Å². The van der Waals surface area contributed by atoms with Gasteiger partial charge in [-0.25, -0.2) is 4.98 Å². The fourth-order valence-corrected chi connectivity index (χ4v) is 3.18. The third-order valence-electron chi connectivity index (χ3n) is 4.38. The molecule has 0 radical (unpaired) electrons. The molecule has 3 rings (SSSR count). The fraction of sp³-hybridized carbons (Fsp3) is 0.333. The number of carbonyl (C=O) groups is 1. The summed E-state index contributed by atoms with van der Waals surface area (Å²) in [5.74, 6) is 1.26. The summed E-state index contributed by atoms with van der Waals surface area (Å²) in [4.78, 5) is 19.0. The second-order valence-electron chi connectivity index (χ2n) is 6.25. The van der Waals surface area contributed by atoms with E-state index in [-0.39, 0.29) is 5.91 Å². The second kappa shape index (κ2) is 5.98. The van der Waals surface area contributed by atoms with Crippen LogP contribution in [0.4, 0.5) is 5.69 Å². The van der Waals surface area contributed by atoms with E-state index >= 15 is 0 Å². The average molecular weight is 347 g/mol. The number of amides is 1. The first-order valence-corrected chi connectivity index (χ1v) is 7.94. The minimum atomic E-state index is -0.698. The molecule has 126 valence electrons. The van der Waals surface area contributed by atoms with Gasteiger partial charge in [0.1, 0.15) is 16.7 Å². The molecule has 5 nitrogen and oxygen atoms in total. The van der Waals surface area contributed by atoms with Crippen molar-refractivity contribution in [1.29, 1.82) is 0 Å². The lowest BCUT2D eigenvalue weighted by molar-refractivity contribution is -0.123. The number of aromatic nitrogens is 1. The van der Waals surface area contributed by atoms with Crippen molar-refractivity contribution in [3.63, 3.8) is 0 Å². The molecule has 2 aromatic rings. The van der Waals surface area contributed by atoms with Crippen molar-refractivity contribution in [3.8, 4) is 11.5 Å². The Morgan fingerprint density at radius 1 is 1.12 bits per heavy atom. The van der Waals surface area contributed by atoms with Crippen LogP contribution in [0.5, 0.6) is 11.5 Å². The van der Waals surface area contributed by atoms with E-state index in [1.807, 2.05) is 26.0 Å². The van der Waals surface area contributed by atoms with E-state index in [1.54, 1.807) is 37.4 Å². The lowest BCUT2D eigenvalue weighted by Gasteiger charge is -2.39. The summed E-state index contributed by atoms with van der Waals surface area (Å²) < 4.78 is 10.6. The number of halogens is 1. The van der Waals surface area contributed by atoms with Gasteiger partial charge >= 0.3 is 0 Å². The number of methoxy groups -OCH3 is 2. The van der Waals surface area contributed by atoms with Gasteiger partial charge in [0, 0.05) is 24.4 Å². The van der Waals surface area contributed by atoms with Crippen molar-refractivity contribution in [2.24, 2.45) is 0 Å². The summed E-state index contributed by atoms with van der Waals surface area (Å²) in [6.45, 7) is 4.22. The Hall–Kier alpha value is -2.27. The van der Waals surface area contributed by atoms with E-state index in [4.69, 9.17) is 21.1 Å². The van der Waals surface area contributed by atoms with Gasteiger partial charge in [0.05, 0.1) is 31.9 Å². The number of fused-ring (bicyclic) bond motifs is 1. The predicted molar refractivity (Wildman–Crippen MR) is 93.0 cm³/mol. The molecule has 1 aliphatic heterocycles. The van der Waals surface area contributed by atoms with Crippen molar-refractivity contribution in [3.05, 3.63) is 46.7 Å². The summed E-state index contributed by atoms with van der Waals surface area (Å²) in [5.41, 5.74) is 1.92. The molecule has 0 atom stereocenters. The molecule has 0 bridgehead atoms. The highest BCUT2D eigenvalue weighted by molar-refractivity contribution is 6.29. The van der Waals surface area contributed by atoms with Crippen LogP contribution in [0.15, 0.2) is 30.5 Å². The van der Waals surface area contributed by atoms with Crippen LogP contribution in [0.2, 0.25) is 5.15 Å². The number of hydrogen-bond acceptors (Lipinski definition) is 4. The molecule has 1 aromatic heterocycles. The minimum absolute atomic E-state index is 0.00688. The highest BCUT2D eigenvalue weighted by Gasteiger charge is 2.41. The van der Waals surface area contributed by atoms with Crippen LogP contribution in [-0.2, 0) is 16.8 Å². The number of pyridine rings is 1. The zero-order valence-electron chi connectivity index (χ0n) is 14.1. The largest absolute Gasteiger partial charge is 0.497 e. The molecule has 0 N–H and O–H groups in total. The lowest BCUT2D eigenvalue weighted by atomic mass is 9.78. The summed E-state index contributed by atoms with van der Waals surface area (Å²) in [7, 11) is 3.17. The Morgan fingerprint density at radius 2 is 1.75 bits per heavy atom. The minimum Gasteiger partial charge on any atom is -0.497 e. The van der Waals surface area contributed by atoms with Crippen molar-refractivity contribution in [2.75, 3.05) is 19.1 Å². The van der Waals surface area contributed by atoms with Crippen LogP contribution in [0.3, 0.4) is 0 Å². The van der Waals surface area contributed by atoms with Crippen LogP contribution in [0.1, 0.15) is 25.0 Å². The number of rotatable bonds is 3. The number of benzene rings is 1. The molecule has 0 spiro atoms. The summed E-state index contributed by atoms with van der Waals surface area (Å²) in [6, 6.07) is 7.20. The maximum atomic E-state index is 13.1. The molecule has 2 heterocycles. The van der Waals surface area contributed by atoms with Crippen LogP contribution in [-0.4, -0.2) is 25.1 Å². The molecular formula is C18H19ClN2O3. The molecule has 0 unspecified atom stereocenters. The quantitative estimate of drug-likeness (QED) is 0.797. The number of carbonyl (C=O) groups excluding carboxylic acids is 1. The smallest absolute Gasteiger partial charge is 0.237 e. The van der Waals surface area contributed by atoms with Crippen molar-refractivity contribution < 1.29 is 14.3 Å². The van der Waals surface area contributed by atoms with Crippen molar-refractivity contribution >= 4 is 23.2 Å². The van der Waals surface area contributed by atoms with Crippen LogP contribution in [0, 0.1) is 0 Å². The standard InChI is InChI=1S/C18H19ClN2O3/c1-18(2)15-8-16(19)20-9-11(15)10-21(17(18)22)12-5-13(23-3)7-14(6-12)24-4/h5-9H,10H2,1-4H3. The Labute approximate surface area is 146 Å². The van der Waals surface area contributed by atoms with E-state index in [9.17, 15) is 4.79 Å². The monoisotopic (exact) mass is 346 g/mol. The van der Waals surface area contributed by atoms with Gasteiger partial charge in [0.15, 0.2) is 0 Å². The second-order valence-corrected chi connectivity index (χ2v) is 6.64. The maximum absolute atomic E-state index is 13.1. The van der Waals surface area contributed by atoms with E-state index < -0.39 is 5.41 Å². The molecule has 1 aliphatic rings. The van der Waals surface area contributed by atoms with Crippen molar-refractivity contribution in [1.82, 2.24) is 4.98 Å². The Bertz CT molecular complexity index is 783. The first-order valence-electron chi connectivity index (χ1n) is 7.56. The zero-order chi connectivity index (χ0) is 17.5. The SMILES string of the molecule is COc1cc(OC)cc(N2Cc3cnc(Cl)cc3C(C)(C)C2=O)c1. The molecule has 0 saturated carbocycles. The van der Waals surface area contributed by atoms with E-state index in [0.29, 0.717) is 23.2 Å². The summed E-state index contributed by atoms with van der Waals surface area (Å²) >= 11 is 6.02. The molecule has 0 aliphatic carbocycles. The zero-order valence-corrected chi connectivity index (χ0v) is 14.8. The van der Waals surface area contributed by atoms with Gasteiger partial charge in [-0.2, -0.15) is 0 Å². The fourth-order valence-electron chi connectivity index (χ4n) is 3.02. The summed E-state index contributed by atoms with van der Waals surface area (Å²) in [6.07, 6.45) is 1.73. The highest BCUT2D eigenvalue weighted by Crippen LogP contribution is 2.39. The van der Waals surface area contributed by atoms with Gasteiger partial charge in [-0.05, 0) is 31.0 Å². The first kappa shape index (κ1) is 16.6. The van der Waals surface area contributed by atoms with E-state index in [1.165, 1.54) is 0 Å². The molecule has 0 saturated heterocycles. The molecular weight excluding hydrogens is 328 g/mol. The van der Waals surface area contributed by atoms with Gasteiger partial charge in [0.25, 0.3) is 0 Å². The van der Waals surface area contributed by atoms with E-state index in [0.717, 1.165) is 16.8 Å². The Kier molecular flexibility index (Phi) is 4.13. The van der Waals surface area contributed by atoms with Crippen molar-refractivity contribution in [2.45, 2.75) is 25.8 Å². The molecule has 1 aromatic carbocycles. The van der Waals surface area contributed by atoms with Gasteiger partial charge in [-0.1, -0.05) is 11.6 Å². The van der Waals surface area contributed by atoms with Gasteiger partial charge < -0.3 is 14.4 Å². The number of nitrogens with zero attached hydrogens (tertiary/aromatic N) is 2. The normalized spacial score (nSPS) is 15.9. The molecule has 6 heteroatoms. The topological polar surface area (TPSA) is 51.7 Å². The van der Waals surface area contributed by atoms with Crippen LogP contribution in [0.25, 0.3) is 0 Å². The lowest BCUT2D eigenvalue weighted by Crippen LogP contribution is -2.48. The van der Waals surface area contributed by atoms with Crippen LogP contribution >= 0.6 is 11.6 Å². The van der Waals surface area contributed by atoms with Crippen LogP contribution < -0.4 is 14.4 Å². The highest BCUT2D eigenvalue weighted by atomic mass is 35.5. The predicted octanol–water partition coefficient (Wildman–Crippen LogP) is 3.58. The molecule has 0 fully saturated rings.